The molecular weight excluding hydrogens is 392 g/mol. The van der Waals surface area contributed by atoms with Gasteiger partial charge in [0.25, 0.3) is 0 Å². The van der Waals surface area contributed by atoms with Crippen LogP contribution in [0.5, 0.6) is 5.75 Å². The number of fused-ring (bicyclic) bond motifs is 3. The predicted molar refractivity (Wildman–Crippen MR) is 113 cm³/mol. The lowest BCUT2D eigenvalue weighted by atomic mass is 10.1. The van der Waals surface area contributed by atoms with Crippen molar-refractivity contribution in [3.63, 3.8) is 0 Å². The van der Waals surface area contributed by atoms with Gasteiger partial charge < -0.3 is 9.84 Å². The number of nitrogens with zero attached hydrogens (tertiary/aromatic N) is 2. The summed E-state index contributed by atoms with van der Waals surface area (Å²) >= 11 is 3.34. The number of hydrogen-bond donors (Lipinski definition) is 1. The molecule has 2 aromatic heterocycles. The van der Waals surface area contributed by atoms with Gasteiger partial charge in [-0.25, -0.2) is 9.97 Å². The van der Waals surface area contributed by atoms with E-state index < -0.39 is 6.10 Å². The van der Waals surface area contributed by atoms with Crippen LogP contribution in [0.25, 0.3) is 10.2 Å². The highest BCUT2D eigenvalue weighted by molar-refractivity contribution is 7.99. The number of carbonyl (C=O) groups excluding carboxylic acids is 1. The first-order chi connectivity index (χ1) is 13.5. The van der Waals surface area contributed by atoms with E-state index in [0.717, 1.165) is 28.5 Å². The second-order valence-electron chi connectivity index (χ2n) is 6.97. The summed E-state index contributed by atoms with van der Waals surface area (Å²) in [5, 5.41) is 12.5. The van der Waals surface area contributed by atoms with E-state index in [1.165, 1.54) is 29.2 Å². The van der Waals surface area contributed by atoms with E-state index in [9.17, 15) is 9.90 Å². The van der Waals surface area contributed by atoms with Gasteiger partial charge in [0.1, 0.15) is 28.0 Å². The minimum absolute atomic E-state index is 0.00648. The van der Waals surface area contributed by atoms with Gasteiger partial charge in [-0.1, -0.05) is 12.1 Å². The molecule has 28 heavy (non-hydrogen) atoms. The molecule has 1 aliphatic rings. The molecule has 1 aromatic carbocycles. The van der Waals surface area contributed by atoms with E-state index >= 15 is 0 Å². The number of aryl methyl sites for hydroxylation is 3. The number of aliphatic hydroxyl groups excluding tert-OH is 1. The Morgan fingerprint density at radius 1 is 1.36 bits per heavy atom. The smallest absolute Gasteiger partial charge is 0.159 e. The Morgan fingerprint density at radius 2 is 2.21 bits per heavy atom. The number of aromatic nitrogens is 2. The number of carbonyl (C=O) groups is 1. The van der Waals surface area contributed by atoms with Crippen LogP contribution in [0.3, 0.4) is 0 Å². The average molecular weight is 415 g/mol. The van der Waals surface area contributed by atoms with Gasteiger partial charge in [0.15, 0.2) is 5.78 Å². The third-order valence-corrected chi connectivity index (χ3v) is 7.04. The Kier molecular flexibility index (Phi) is 5.66. The fourth-order valence-electron chi connectivity index (χ4n) is 3.39. The molecule has 0 saturated heterocycles. The minimum atomic E-state index is -0.636. The molecule has 2 heterocycles. The second-order valence-corrected chi connectivity index (χ2v) is 9.07. The molecular formula is C21H22N2O3S2. The van der Waals surface area contributed by atoms with Crippen molar-refractivity contribution in [2.75, 3.05) is 12.4 Å². The molecule has 7 heteroatoms. The second kappa shape index (κ2) is 8.19. The van der Waals surface area contributed by atoms with Gasteiger partial charge in [-0.15, -0.1) is 23.1 Å². The summed E-state index contributed by atoms with van der Waals surface area (Å²) in [5.41, 5.74) is 2.00. The Bertz CT molecular complexity index is 1030. The van der Waals surface area contributed by atoms with Crippen molar-refractivity contribution in [2.24, 2.45) is 0 Å². The largest absolute Gasteiger partial charge is 0.491 e. The van der Waals surface area contributed by atoms with E-state index in [-0.39, 0.29) is 12.4 Å². The Morgan fingerprint density at radius 3 is 3.04 bits per heavy atom. The monoisotopic (exact) mass is 414 g/mol. The van der Waals surface area contributed by atoms with Crippen molar-refractivity contribution in [1.82, 2.24) is 9.97 Å². The molecule has 0 radical (unpaired) electrons. The number of hydrogen-bond acceptors (Lipinski definition) is 7. The molecule has 4 rings (SSSR count). The quantitative estimate of drug-likeness (QED) is 0.354. The highest BCUT2D eigenvalue weighted by Gasteiger charge is 2.22. The predicted octanol–water partition coefficient (Wildman–Crippen LogP) is 4.22. The van der Waals surface area contributed by atoms with Gasteiger partial charge in [0, 0.05) is 21.6 Å². The van der Waals surface area contributed by atoms with Crippen LogP contribution < -0.4 is 4.74 Å². The zero-order valence-electron chi connectivity index (χ0n) is 15.9. The van der Waals surface area contributed by atoms with Crippen molar-refractivity contribution in [2.45, 2.75) is 44.2 Å². The summed E-state index contributed by atoms with van der Waals surface area (Å²) in [7, 11) is 0. The van der Waals surface area contributed by atoms with Crippen molar-refractivity contribution in [3.8, 4) is 5.75 Å². The van der Waals surface area contributed by atoms with E-state index in [1.54, 1.807) is 47.4 Å². The summed E-state index contributed by atoms with van der Waals surface area (Å²) in [6.45, 7) is 3.61. The Labute approximate surface area is 172 Å². The van der Waals surface area contributed by atoms with Gasteiger partial charge in [0.05, 0.1) is 6.10 Å². The van der Waals surface area contributed by atoms with Crippen LogP contribution in [-0.4, -0.2) is 39.3 Å². The topological polar surface area (TPSA) is 72.3 Å². The number of benzene rings is 1. The van der Waals surface area contributed by atoms with Gasteiger partial charge in [0.2, 0.25) is 0 Å². The number of ketones is 1. The van der Waals surface area contributed by atoms with Crippen molar-refractivity contribution >= 4 is 39.1 Å². The molecule has 0 fully saturated rings. The fourth-order valence-corrected chi connectivity index (χ4v) is 5.77. The molecule has 5 nitrogen and oxygen atoms in total. The van der Waals surface area contributed by atoms with Gasteiger partial charge in [-0.3, -0.25) is 4.79 Å². The molecule has 1 aliphatic carbocycles. The maximum Gasteiger partial charge on any atom is 0.159 e. The first-order valence-corrected chi connectivity index (χ1v) is 11.1. The maximum absolute atomic E-state index is 11.5. The lowest BCUT2D eigenvalue weighted by Crippen LogP contribution is -2.20. The average Bonchev–Trinajstić information content (AvgIpc) is 3.25. The van der Waals surface area contributed by atoms with Gasteiger partial charge in [-0.2, -0.15) is 0 Å². The molecule has 0 unspecified atom stereocenters. The zero-order valence-corrected chi connectivity index (χ0v) is 17.5. The summed E-state index contributed by atoms with van der Waals surface area (Å²) in [6, 6.07) is 7.03. The summed E-state index contributed by atoms with van der Waals surface area (Å²) in [5.74, 6) is 1.84. The Balaban J connectivity index is 1.42. The lowest BCUT2D eigenvalue weighted by molar-refractivity contribution is 0.101. The fraction of sp³-hybridized carbons (Fsp3) is 0.381. The van der Waals surface area contributed by atoms with E-state index in [0.29, 0.717) is 17.1 Å². The summed E-state index contributed by atoms with van der Waals surface area (Å²) in [6.07, 6.45) is 2.79. The molecule has 0 bridgehead atoms. The molecule has 0 saturated carbocycles. The third kappa shape index (κ3) is 4.06. The standard InChI is InChI=1S/C21H22N2O3S2/c1-12(24)14-5-3-6-16(9-14)26-10-15(25)11-27-20-19-17-7-4-8-18(17)28-21(19)23-13(2)22-20/h3,5-6,9,15,25H,4,7-8,10-11H2,1-2H3/t15-/m0/s1. The molecule has 146 valence electrons. The summed E-state index contributed by atoms with van der Waals surface area (Å²) in [4.78, 5) is 23.2. The molecule has 1 N–H and O–H groups in total. The minimum Gasteiger partial charge on any atom is -0.491 e. The van der Waals surface area contributed by atoms with Crippen molar-refractivity contribution in [3.05, 3.63) is 46.1 Å². The van der Waals surface area contributed by atoms with Gasteiger partial charge >= 0.3 is 0 Å². The van der Waals surface area contributed by atoms with Gasteiger partial charge in [-0.05, 0) is 50.8 Å². The van der Waals surface area contributed by atoms with Crippen LogP contribution in [0.15, 0.2) is 29.3 Å². The zero-order chi connectivity index (χ0) is 19.7. The van der Waals surface area contributed by atoms with E-state index in [1.807, 2.05) is 6.92 Å². The van der Waals surface area contributed by atoms with Crippen LogP contribution in [0.4, 0.5) is 0 Å². The molecule has 0 amide bonds. The first kappa shape index (κ1) is 19.4. The first-order valence-electron chi connectivity index (χ1n) is 9.35. The molecule has 1 atom stereocenters. The molecule has 3 aromatic rings. The number of Topliss-reactive ketones (excluding diaryl/α,β-unsaturated/α-hetero) is 1. The Hall–Kier alpha value is -1.96. The number of rotatable bonds is 7. The number of thioether (sulfide) groups is 1. The maximum atomic E-state index is 11.5. The number of thiophene rings is 1. The van der Waals surface area contributed by atoms with Crippen LogP contribution in [-0.2, 0) is 12.8 Å². The van der Waals surface area contributed by atoms with Crippen LogP contribution in [0.1, 0.15) is 40.0 Å². The van der Waals surface area contributed by atoms with Crippen LogP contribution in [0.2, 0.25) is 0 Å². The highest BCUT2D eigenvalue weighted by atomic mass is 32.2. The number of aliphatic hydroxyl groups is 1. The van der Waals surface area contributed by atoms with E-state index in [4.69, 9.17) is 4.74 Å². The highest BCUT2D eigenvalue weighted by Crippen LogP contribution is 2.40. The van der Waals surface area contributed by atoms with Crippen LogP contribution in [0, 0.1) is 6.92 Å². The van der Waals surface area contributed by atoms with Crippen molar-refractivity contribution in [1.29, 1.82) is 0 Å². The number of ether oxygens (including phenoxy) is 1. The molecule has 0 spiro atoms. The van der Waals surface area contributed by atoms with E-state index in [2.05, 4.69) is 9.97 Å². The summed E-state index contributed by atoms with van der Waals surface area (Å²) < 4.78 is 5.67. The normalized spacial score (nSPS) is 14.2. The van der Waals surface area contributed by atoms with Crippen LogP contribution >= 0.6 is 23.1 Å². The third-order valence-electron chi connectivity index (χ3n) is 4.74. The molecule has 0 aliphatic heterocycles. The lowest BCUT2D eigenvalue weighted by Gasteiger charge is -2.13. The van der Waals surface area contributed by atoms with Crippen molar-refractivity contribution < 1.29 is 14.6 Å². The SMILES string of the molecule is CC(=O)c1cccc(OC[C@H](O)CSc2nc(C)nc3sc4c(c23)CCC4)c1.